The van der Waals surface area contributed by atoms with E-state index in [-0.39, 0.29) is 11.9 Å². The minimum atomic E-state index is 0.0209. The topological polar surface area (TPSA) is 68.8 Å². The molecule has 0 spiro atoms. The fourth-order valence-electron chi connectivity index (χ4n) is 4.77. The van der Waals surface area contributed by atoms with Crippen LogP contribution in [0.25, 0.3) is 0 Å². The minimum Gasteiger partial charge on any atom is -0.353 e. The van der Waals surface area contributed by atoms with Gasteiger partial charge in [-0.25, -0.2) is 9.78 Å². The van der Waals surface area contributed by atoms with Crippen LogP contribution < -0.4 is 10.2 Å². The summed E-state index contributed by atoms with van der Waals surface area (Å²) in [7, 11) is 0. The van der Waals surface area contributed by atoms with Gasteiger partial charge < -0.3 is 20.0 Å². The van der Waals surface area contributed by atoms with Crippen LogP contribution >= 0.6 is 0 Å². The van der Waals surface area contributed by atoms with Gasteiger partial charge in [0.25, 0.3) is 0 Å². The molecular weight excluding hydrogens is 414 g/mol. The van der Waals surface area contributed by atoms with E-state index in [1.54, 1.807) is 0 Å². The molecule has 0 aliphatic carbocycles. The number of amides is 3. The Morgan fingerprint density at radius 2 is 1.73 bits per heavy atom. The van der Waals surface area contributed by atoms with Crippen molar-refractivity contribution in [3.05, 3.63) is 60.3 Å². The Kier molecular flexibility index (Phi) is 8.17. The Morgan fingerprint density at radius 3 is 2.48 bits per heavy atom. The Bertz CT molecular complexity index is 884. The Balaban J connectivity index is 1.15. The number of aromatic nitrogens is 1. The van der Waals surface area contributed by atoms with Crippen LogP contribution in [-0.4, -0.2) is 72.5 Å². The maximum atomic E-state index is 12.8. The van der Waals surface area contributed by atoms with Gasteiger partial charge in [0.05, 0.1) is 0 Å². The van der Waals surface area contributed by atoms with Crippen molar-refractivity contribution in [2.45, 2.75) is 32.1 Å². The summed E-state index contributed by atoms with van der Waals surface area (Å²) < 4.78 is 0. The van der Waals surface area contributed by atoms with E-state index in [0.717, 1.165) is 70.8 Å². The molecule has 33 heavy (non-hydrogen) atoms. The number of urea groups is 1. The first-order valence-corrected chi connectivity index (χ1v) is 12.2. The molecule has 7 heteroatoms. The third-order valence-corrected chi connectivity index (χ3v) is 6.71. The van der Waals surface area contributed by atoms with Gasteiger partial charge in [-0.3, -0.25) is 4.79 Å². The quantitative estimate of drug-likeness (QED) is 0.705. The summed E-state index contributed by atoms with van der Waals surface area (Å²) in [5, 5.41) is 3.06. The molecule has 0 saturated carbocycles. The number of hydrogen-bond donors (Lipinski definition) is 1. The number of pyridine rings is 1. The molecule has 2 aliphatic heterocycles. The van der Waals surface area contributed by atoms with E-state index in [1.807, 2.05) is 52.4 Å². The van der Waals surface area contributed by atoms with Crippen LogP contribution in [0.15, 0.2) is 54.7 Å². The van der Waals surface area contributed by atoms with Crippen LogP contribution in [0.3, 0.4) is 0 Å². The zero-order chi connectivity index (χ0) is 22.9. The number of likely N-dealkylation sites (tertiary alicyclic amines) is 1. The standard InChI is InChI=1S/C26H35N5O2/c32-25(30-19-17-29(18-20-30)24-10-4-5-14-27-24)12-11-23-9-6-16-31(21-23)26(33)28-15-13-22-7-2-1-3-8-22/h1-5,7-8,10,14,23H,6,9,11-13,15-21H2,(H,28,33)/t23-/m0/s1. The molecule has 2 aliphatic rings. The van der Waals surface area contributed by atoms with Gasteiger partial charge in [-0.1, -0.05) is 36.4 Å². The normalized spacial score (nSPS) is 18.8. The van der Waals surface area contributed by atoms with E-state index in [2.05, 4.69) is 27.3 Å². The molecule has 2 aromatic rings. The highest BCUT2D eigenvalue weighted by Crippen LogP contribution is 2.22. The number of piperidine rings is 1. The van der Waals surface area contributed by atoms with Crippen molar-refractivity contribution in [2.24, 2.45) is 5.92 Å². The van der Waals surface area contributed by atoms with E-state index < -0.39 is 0 Å². The molecule has 0 unspecified atom stereocenters. The second-order valence-corrected chi connectivity index (χ2v) is 9.02. The molecule has 0 radical (unpaired) electrons. The third kappa shape index (κ3) is 6.70. The molecule has 7 nitrogen and oxygen atoms in total. The van der Waals surface area contributed by atoms with E-state index in [0.29, 0.717) is 18.9 Å². The maximum Gasteiger partial charge on any atom is 0.317 e. The monoisotopic (exact) mass is 449 g/mol. The van der Waals surface area contributed by atoms with Crippen LogP contribution in [0.4, 0.5) is 10.6 Å². The lowest BCUT2D eigenvalue weighted by atomic mass is 9.93. The molecule has 2 fully saturated rings. The molecule has 2 saturated heterocycles. The molecule has 3 amide bonds. The first kappa shape index (κ1) is 23.1. The van der Waals surface area contributed by atoms with E-state index in [9.17, 15) is 9.59 Å². The predicted molar refractivity (Wildman–Crippen MR) is 130 cm³/mol. The summed E-state index contributed by atoms with van der Waals surface area (Å²) in [5.74, 6) is 1.62. The Morgan fingerprint density at radius 1 is 0.939 bits per heavy atom. The van der Waals surface area contributed by atoms with Gasteiger partial charge in [-0.15, -0.1) is 0 Å². The van der Waals surface area contributed by atoms with E-state index >= 15 is 0 Å². The second-order valence-electron chi connectivity index (χ2n) is 9.02. The van der Waals surface area contributed by atoms with Crippen LogP contribution in [0.2, 0.25) is 0 Å². The number of piperazine rings is 1. The summed E-state index contributed by atoms with van der Waals surface area (Å²) in [6, 6.07) is 16.2. The predicted octanol–water partition coefficient (Wildman–Crippen LogP) is 3.17. The number of nitrogens with zero attached hydrogens (tertiary/aromatic N) is 4. The zero-order valence-electron chi connectivity index (χ0n) is 19.4. The van der Waals surface area contributed by atoms with Crippen molar-refractivity contribution in [2.75, 3.05) is 50.7 Å². The highest BCUT2D eigenvalue weighted by atomic mass is 16.2. The van der Waals surface area contributed by atoms with E-state index in [4.69, 9.17) is 0 Å². The van der Waals surface area contributed by atoms with Crippen LogP contribution in [0, 0.1) is 5.92 Å². The number of carbonyl (C=O) groups excluding carboxylic acids is 2. The smallest absolute Gasteiger partial charge is 0.317 e. The van der Waals surface area contributed by atoms with Gasteiger partial charge in [0.2, 0.25) is 5.91 Å². The SMILES string of the molecule is O=C(CC[C@@H]1CCCN(C(=O)NCCc2ccccc2)C1)N1CCN(c2ccccn2)CC1. The fourth-order valence-corrected chi connectivity index (χ4v) is 4.77. The maximum absolute atomic E-state index is 12.8. The fraction of sp³-hybridized carbons (Fsp3) is 0.500. The highest BCUT2D eigenvalue weighted by Gasteiger charge is 2.26. The lowest BCUT2D eigenvalue weighted by Crippen LogP contribution is -2.49. The van der Waals surface area contributed by atoms with Crippen molar-refractivity contribution in [1.29, 1.82) is 0 Å². The van der Waals surface area contributed by atoms with Gasteiger partial charge in [0.1, 0.15) is 5.82 Å². The van der Waals surface area contributed by atoms with Crippen molar-refractivity contribution in [1.82, 2.24) is 20.1 Å². The average molecular weight is 450 g/mol. The third-order valence-electron chi connectivity index (χ3n) is 6.71. The molecule has 1 aromatic carbocycles. The first-order valence-electron chi connectivity index (χ1n) is 12.2. The summed E-state index contributed by atoms with van der Waals surface area (Å²) in [6.07, 6.45) is 6.17. The largest absolute Gasteiger partial charge is 0.353 e. The lowest BCUT2D eigenvalue weighted by Gasteiger charge is -2.36. The number of carbonyl (C=O) groups is 2. The van der Waals surface area contributed by atoms with Crippen molar-refractivity contribution < 1.29 is 9.59 Å². The first-order chi connectivity index (χ1) is 16.2. The Labute approximate surface area is 196 Å². The average Bonchev–Trinajstić information content (AvgIpc) is 2.88. The molecule has 176 valence electrons. The van der Waals surface area contributed by atoms with Gasteiger partial charge in [-0.2, -0.15) is 0 Å². The molecule has 1 aromatic heterocycles. The molecule has 3 heterocycles. The van der Waals surface area contributed by atoms with Gasteiger partial charge in [0, 0.05) is 58.4 Å². The molecule has 1 N–H and O–H groups in total. The van der Waals surface area contributed by atoms with Crippen LogP contribution in [0.1, 0.15) is 31.2 Å². The number of anilines is 1. The Hall–Kier alpha value is -3.09. The summed E-state index contributed by atoms with van der Waals surface area (Å²) in [6.45, 7) is 5.33. The zero-order valence-corrected chi connectivity index (χ0v) is 19.4. The van der Waals surface area contributed by atoms with Crippen LogP contribution in [-0.2, 0) is 11.2 Å². The molecule has 0 bridgehead atoms. The van der Waals surface area contributed by atoms with Crippen LogP contribution in [0.5, 0.6) is 0 Å². The number of hydrogen-bond acceptors (Lipinski definition) is 4. The molecular formula is C26H35N5O2. The van der Waals surface area contributed by atoms with Gasteiger partial charge in [0.15, 0.2) is 0 Å². The number of rotatable bonds is 7. The van der Waals surface area contributed by atoms with E-state index in [1.165, 1.54) is 5.56 Å². The summed E-state index contributed by atoms with van der Waals surface area (Å²) in [5.41, 5.74) is 1.23. The minimum absolute atomic E-state index is 0.0209. The van der Waals surface area contributed by atoms with Gasteiger partial charge in [-0.05, 0) is 49.3 Å². The molecule has 4 rings (SSSR count). The van der Waals surface area contributed by atoms with Gasteiger partial charge >= 0.3 is 6.03 Å². The van der Waals surface area contributed by atoms with Crippen molar-refractivity contribution >= 4 is 17.8 Å². The van der Waals surface area contributed by atoms with Crippen molar-refractivity contribution in [3.8, 4) is 0 Å². The lowest BCUT2D eigenvalue weighted by molar-refractivity contribution is -0.131. The van der Waals surface area contributed by atoms with Crippen molar-refractivity contribution in [3.63, 3.8) is 0 Å². The number of benzene rings is 1. The summed E-state index contributed by atoms with van der Waals surface area (Å²) in [4.78, 5) is 35.9. The highest BCUT2D eigenvalue weighted by molar-refractivity contribution is 5.76. The summed E-state index contributed by atoms with van der Waals surface area (Å²) >= 11 is 0. The molecule has 1 atom stereocenters. The number of nitrogens with one attached hydrogen (secondary N) is 1. The second kappa shape index (κ2) is 11.7.